The Morgan fingerprint density at radius 2 is 1.35 bits per heavy atom. The number of carbonyl (C=O) groups is 1. The fraction of sp³-hybridized carbons (Fsp3) is 0.625. The minimum Gasteiger partial charge on any atom is -0.494 e. The molecule has 1 saturated heterocycles. The normalized spacial score (nSPS) is 13.9. The van der Waals surface area contributed by atoms with Crippen LogP contribution in [-0.4, -0.2) is 86.3 Å². The third-order valence-electron chi connectivity index (χ3n) is 7.03. The van der Waals surface area contributed by atoms with Crippen molar-refractivity contribution < 1.29 is 36.4 Å². The molecular weight excluding hydrogens is 672 g/mol. The molecule has 1 aliphatic heterocycles. The molecule has 0 spiro atoms. The maximum absolute atomic E-state index is 13.1. The third kappa shape index (κ3) is 24.0. The van der Waals surface area contributed by atoms with E-state index in [0.29, 0.717) is 11.3 Å². The molecule has 2 N–H and O–H groups in total. The van der Waals surface area contributed by atoms with Crippen LogP contribution in [0.25, 0.3) is 0 Å². The number of ether oxygens (including phenoxy) is 2. The lowest BCUT2D eigenvalue weighted by Crippen LogP contribution is -2.39. The molecule has 1 atom stereocenters. The molecule has 0 saturated carbocycles. The Labute approximate surface area is 309 Å². The van der Waals surface area contributed by atoms with E-state index in [2.05, 4.69) is 74.7 Å². The predicted octanol–water partition coefficient (Wildman–Crippen LogP) is 7.85. The minimum atomic E-state index is -3.28. The lowest BCUT2D eigenvalue weighted by Gasteiger charge is -2.26. The standard InChI is InChI=1S/C22H29FO3.C7H13NO.C6H13N.C5H12O3S/c1-4-5-14-25-20-10-6-17(7-11-20)22(2,3)18-8-12-21(13-9-18)26-16-19(23)15-24;1-5-6(9)8-7(2,3)4;1-6(2,3)7-4-5-7;1-5(2,3)8-9(4,6)7/h6-13,19,24H,4-5,14-16H2,1-3H3;5H,1H2,2-4H3,(H,8,9);4-5H2,1-3H3;1-4H3. The summed E-state index contributed by atoms with van der Waals surface area (Å²) < 4.78 is 49.6. The van der Waals surface area contributed by atoms with Gasteiger partial charge in [-0.15, -0.1) is 0 Å². The van der Waals surface area contributed by atoms with Gasteiger partial charge in [-0.05, 0) is 110 Å². The summed E-state index contributed by atoms with van der Waals surface area (Å²) in [7, 11) is -3.28. The maximum Gasteiger partial charge on any atom is 0.264 e. The second-order valence-electron chi connectivity index (χ2n) is 16.0. The van der Waals surface area contributed by atoms with Crippen LogP contribution in [0.3, 0.4) is 0 Å². The highest BCUT2D eigenvalue weighted by Crippen LogP contribution is 2.33. The number of benzene rings is 2. The Bertz CT molecular complexity index is 1390. The summed E-state index contributed by atoms with van der Waals surface area (Å²) in [5.41, 5.74) is 1.86. The number of amides is 1. The van der Waals surface area contributed by atoms with Crippen molar-refractivity contribution in [1.82, 2.24) is 10.2 Å². The SMILES string of the molecule is C=CC(=O)NC(C)(C)C.CC(C)(C)N1CC1.CC(C)(C)OS(C)(=O)=O.CCCCOc1ccc(C(C)(C)c2ccc(OCC(F)CO)cc2)cc1. The molecule has 292 valence electrons. The van der Waals surface area contributed by atoms with Crippen molar-refractivity contribution in [2.45, 2.75) is 124 Å². The smallest absolute Gasteiger partial charge is 0.264 e. The van der Waals surface area contributed by atoms with Gasteiger partial charge in [-0.25, -0.2) is 4.39 Å². The van der Waals surface area contributed by atoms with Crippen molar-refractivity contribution in [3.8, 4) is 11.5 Å². The molecule has 1 aliphatic rings. The Kier molecular flexibility index (Phi) is 20.3. The van der Waals surface area contributed by atoms with Gasteiger partial charge in [0, 0.05) is 29.6 Å². The van der Waals surface area contributed by atoms with Gasteiger partial charge in [0.25, 0.3) is 10.1 Å². The van der Waals surface area contributed by atoms with Gasteiger partial charge in [0.2, 0.25) is 5.91 Å². The number of halogens is 1. The van der Waals surface area contributed by atoms with E-state index >= 15 is 0 Å². The molecule has 1 fully saturated rings. The lowest BCUT2D eigenvalue weighted by atomic mass is 9.78. The van der Waals surface area contributed by atoms with Crippen LogP contribution in [0.5, 0.6) is 11.5 Å². The Morgan fingerprint density at radius 1 is 0.902 bits per heavy atom. The zero-order valence-corrected chi connectivity index (χ0v) is 34.4. The molecule has 0 radical (unpaired) electrons. The molecular formula is C40H67FN2O7S. The van der Waals surface area contributed by atoms with E-state index in [1.54, 1.807) is 20.8 Å². The van der Waals surface area contributed by atoms with Crippen LogP contribution in [0, 0.1) is 0 Å². The molecule has 9 nitrogen and oxygen atoms in total. The number of carbonyl (C=O) groups excluding carboxylic acids is 1. The summed E-state index contributed by atoms with van der Waals surface area (Å²) in [6, 6.07) is 15.9. The van der Waals surface area contributed by atoms with Gasteiger partial charge in [0.15, 0.2) is 6.17 Å². The molecule has 2 aromatic rings. The van der Waals surface area contributed by atoms with Gasteiger partial charge in [-0.3, -0.25) is 13.9 Å². The summed E-state index contributed by atoms with van der Waals surface area (Å²) in [6.07, 6.45) is 3.13. The fourth-order valence-electron chi connectivity index (χ4n) is 4.27. The predicted molar refractivity (Wildman–Crippen MR) is 208 cm³/mol. The maximum atomic E-state index is 13.1. The first-order valence-corrected chi connectivity index (χ1v) is 19.4. The highest BCUT2D eigenvalue weighted by molar-refractivity contribution is 7.86. The third-order valence-corrected chi connectivity index (χ3v) is 7.83. The van der Waals surface area contributed by atoms with Gasteiger partial charge in [-0.1, -0.05) is 58.0 Å². The topological polar surface area (TPSA) is 114 Å². The second kappa shape index (κ2) is 21.5. The number of rotatable bonds is 12. The molecule has 1 unspecified atom stereocenters. The van der Waals surface area contributed by atoms with Crippen molar-refractivity contribution in [3.63, 3.8) is 0 Å². The van der Waals surface area contributed by atoms with Crippen LogP contribution in [0.4, 0.5) is 4.39 Å². The number of hydrogen-bond acceptors (Lipinski definition) is 8. The molecule has 0 bridgehead atoms. The number of unbranched alkanes of at least 4 members (excludes halogenated alkanes) is 1. The van der Waals surface area contributed by atoms with Gasteiger partial charge >= 0.3 is 0 Å². The van der Waals surface area contributed by atoms with Gasteiger partial charge in [0.05, 0.1) is 25.1 Å². The second-order valence-corrected chi connectivity index (χ2v) is 17.5. The van der Waals surface area contributed by atoms with Crippen LogP contribution in [0.1, 0.15) is 107 Å². The van der Waals surface area contributed by atoms with Crippen LogP contribution < -0.4 is 14.8 Å². The van der Waals surface area contributed by atoms with Crippen molar-refractivity contribution in [2.75, 3.05) is 39.2 Å². The number of alkyl halides is 1. The minimum absolute atomic E-state index is 0.123. The van der Waals surface area contributed by atoms with Crippen molar-refractivity contribution >= 4 is 16.0 Å². The molecule has 0 aromatic heterocycles. The number of hydrogen-bond donors (Lipinski definition) is 2. The summed E-state index contributed by atoms with van der Waals surface area (Å²) in [4.78, 5) is 13.0. The Morgan fingerprint density at radius 3 is 1.61 bits per heavy atom. The Hall–Kier alpha value is -2.99. The molecule has 1 heterocycles. The molecule has 2 aromatic carbocycles. The average Bonchev–Trinajstić information content (AvgIpc) is 3.85. The van der Waals surface area contributed by atoms with Crippen molar-refractivity contribution in [3.05, 3.63) is 72.3 Å². The molecule has 3 rings (SSSR count). The molecule has 1 amide bonds. The van der Waals surface area contributed by atoms with Crippen LogP contribution in [-0.2, 0) is 24.5 Å². The van der Waals surface area contributed by atoms with Gasteiger partial charge < -0.3 is 19.9 Å². The fourth-order valence-corrected chi connectivity index (χ4v) is 5.18. The van der Waals surface area contributed by atoms with Crippen LogP contribution in [0.2, 0.25) is 0 Å². The zero-order valence-electron chi connectivity index (χ0n) is 33.6. The first-order valence-electron chi connectivity index (χ1n) is 17.6. The van der Waals surface area contributed by atoms with Gasteiger partial charge in [0.1, 0.15) is 18.1 Å². The number of nitrogens with one attached hydrogen (secondary N) is 1. The summed E-state index contributed by atoms with van der Waals surface area (Å²) in [6.45, 7) is 30.1. The molecule has 51 heavy (non-hydrogen) atoms. The number of aliphatic hydroxyl groups is 1. The van der Waals surface area contributed by atoms with E-state index in [0.717, 1.165) is 37.0 Å². The number of nitrogens with zero attached hydrogens (tertiary/aromatic N) is 1. The molecule has 11 heteroatoms. The van der Waals surface area contributed by atoms with E-state index in [4.69, 9.17) is 14.6 Å². The quantitative estimate of drug-likeness (QED) is 0.0980. The zero-order chi connectivity index (χ0) is 39.7. The van der Waals surface area contributed by atoms with E-state index in [1.807, 2.05) is 57.2 Å². The first kappa shape index (κ1) is 48.0. The van der Waals surface area contributed by atoms with Crippen LogP contribution >= 0.6 is 0 Å². The summed E-state index contributed by atoms with van der Waals surface area (Å²) in [5, 5.41) is 11.4. The summed E-state index contributed by atoms with van der Waals surface area (Å²) in [5.74, 6) is 1.37. The highest BCUT2D eigenvalue weighted by atomic mass is 32.2. The largest absolute Gasteiger partial charge is 0.494 e. The van der Waals surface area contributed by atoms with Crippen LogP contribution in [0.15, 0.2) is 61.2 Å². The van der Waals surface area contributed by atoms with Gasteiger partial charge in [-0.2, -0.15) is 8.42 Å². The molecule has 0 aliphatic carbocycles. The Balaban J connectivity index is 0.000000810. The average molecular weight is 739 g/mol. The monoisotopic (exact) mass is 738 g/mol. The highest BCUT2D eigenvalue weighted by Gasteiger charge is 2.29. The summed E-state index contributed by atoms with van der Waals surface area (Å²) >= 11 is 0. The first-order chi connectivity index (χ1) is 23.2. The number of aliphatic hydroxyl groups excluding tert-OH is 1. The lowest BCUT2D eigenvalue weighted by molar-refractivity contribution is -0.117. The van der Waals surface area contributed by atoms with E-state index < -0.39 is 28.5 Å². The van der Waals surface area contributed by atoms with E-state index in [1.165, 1.54) is 24.7 Å². The van der Waals surface area contributed by atoms with Crippen molar-refractivity contribution in [1.29, 1.82) is 0 Å². The van der Waals surface area contributed by atoms with E-state index in [-0.39, 0.29) is 23.5 Å². The van der Waals surface area contributed by atoms with E-state index in [9.17, 15) is 17.6 Å². The van der Waals surface area contributed by atoms with Crippen molar-refractivity contribution in [2.24, 2.45) is 0 Å².